The van der Waals surface area contributed by atoms with Crippen LogP contribution < -0.4 is 5.32 Å². The standard InChI is InChI=1S/C14H21NO/c1-2-12-5-7-14(8-6-12)15-10-13-4-3-9-16-11-13/h5-8,13,15H,2-4,9-11H2,1H3. The monoisotopic (exact) mass is 219 g/mol. The van der Waals surface area contributed by atoms with Crippen LogP contribution in [0.1, 0.15) is 25.3 Å². The van der Waals surface area contributed by atoms with Gasteiger partial charge in [0.15, 0.2) is 0 Å². The highest BCUT2D eigenvalue weighted by Gasteiger charge is 2.12. The van der Waals surface area contributed by atoms with Crippen LogP contribution in [-0.4, -0.2) is 19.8 Å². The maximum absolute atomic E-state index is 5.47. The number of benzene rings is 1. The zero-order valence-corrected chi connectivity index (χ0v) is 10.0. The number of ether oxygens (including phenoxy) is 1. The molecule has 1 heterocycles. The van der Waals surface area contributed by atoms with Crippen molar-refractivity contribution in [2.75, 3.05) is 25.1 Å². The molecule has 1 aromatic carbocycles. The number of anilines is 1. The fourth-order valence-electron chi connectivity index (χ4n) is 2.09. The molecule has 1 N–H and O–H groups in total. The molecular formula is C14H21NO. The van der Waals surface area contributed by atoms with Crippen LogP contribution in [-0.2, 0) is 11.2 Å². The maximum Gasteiger partial charge on any atom is 0.0511 e. The van der Waals surface area contributed by atoms with Crippen molar-refractivity contribution in [2.45, 2.75) is 26.2 Å². The van der Waals surface area contributed by atoms with Crippen LogP contribution in [0.3, 0.4) is 0 Å². The lowest BCUT2D eigenvalue weighted by molar-refractivity contribution is 0.0595. The van der Waals surface area contributed by atoms with Gasteiger partial charge in [0.2, 0.25) is 0 Å². The molecule has 1 aliphatic heterocycles. The average Bonchev–Trinajstić information content (AvgIpc) is 2.38. The molecule has 0 aliphatic carbocycles. The highest BCUT2D eigenvalue weighted by atomic mass is 16.5. The van der Waals surface area contributed by atoms with E-state index in [1.807, 2.05) is 0 Å². The summed E-state index contributed by atoms with van der Waals surface area (Å²) in [6.45, 7) is 5.08. The van der Waals surface area contributed by atoms with E-state index >= 15 is 0 Å². The Hall–Kier alpha value is -1.02. The summed E-state index contributed by atoms with van der Waals surface area (Å²) in [7, 11) is 0. The summed E-state index contributed by atoms with van der Waals surface area (Å²) in [6.07, 6.45) is 3.61. The SMILES string of the molecule is CCc1ccc(NCC2CCCOC2)cc1. The third-order valence-electron chi connectivity index (χ3n) is 3.21. The molecular weight excluding hydrogens is 198 g/mol. The highest BCUT2D eigenvalue weighted by Crippen LogP contribution is 2.15. The van der Waals surface area contributed by atoms with Crippen molar-refractivity contribution in [2.24, 2.45) is 5.92 Å². The lowest BCUT2D eigenvalue weighted by atomic mass is 10.0. The van der Waals surface area contributed by atoms with Crippen LogP contribution in [0.5, 0.6) is 0 Å². The summed E-state index contributed by atoms with van der Waals surface area (Å²) in [5, 5.41) is 3.49. The zero-order valence-electron chi connectivity index (χ0n) is 10.0. The molecule has 0 amide bonds. The second kappa shape index (κ2) is 5.90. The van der Waals surface area contributed by atoms with Crippen molar-refractivity contribution >= 4 is 5.69 Å². The topological polar surface area (TPSA) is 21.3 Å². The fourth-order valence-corrected chi connectivity index (χ4v) is 2.09. The van der Waals surface area contributed by atoms with E-state index in [9.17, 15) is 0 Å². The Morgan fingerprint density at radius 1 is 1.31 bits per heavy atom. The molecule has 1 saturated heterocycles. The molecule has 0 radical (unpaired) electrons. The highest BCUT2D eigenvalue weighted by molar-refractivity contribution is 5.44. The van der Waals surface area contributed by atoms with Gasteiger partial charge in [-0.2, -0.15) is 0 Å². The Morgan fingerprint density at radius 3 is 2.75 bits per heavy atom. The predicted octanol–water partition coefficient (Wildman–Crippen LogP) is 3.09. The van der Waals surface area contributed by atoms with Gasteiger partial charge in [0, 0.05) is 18.8 Å². The molecule has 1 fully saturated rings. The first-order valence-electron chi connectivity index (χ1n) is 6.29. The van der Waals surface area contributed by atoms with E-state index in [1.54, 1.807) is 0 Å². The van der Waals surface area contributed by atoms with Crippen molar-refractivity contribution in [3.63, 3.8) is 0 Å². The molecule has 88 valence electrons. The number of hydrogen-bond acceptors (Lipinski definition) is 2. The van der Waals surface area contributed by atoms with Gasteiger partial charge in [-0.3, -0.25) is 0 Å². The van der Waals surface area contributed by atoms with Crippen molar-refractivity contribution in [3.8, 4) is 0 Å². The Morgan fingerprint density at radius 2 is 2.12 bits per heavy atom. The van der Waals surface area contributed by atoms with E-state index in [2.05, 4.69) is 36.5 Å². The van der Waals surface area contributed by atoms with Gasteiger partial charge in [0.1, 0.15) is 0 Å². The van der Waals surface area contributed by atoms with Crippen LogP contribution in [0, 0.1) is 5.92 Å². The third-order valence-corrected chi connectivity index (χ3v) is 3.21. The molecule has 1 atom stereocenters. The molecule has 0 bridgehead atoms. The fraction of sp³-hybridized carbons (Fsp3) is 0.571. The third kappa shape index (κ3) is 3.24. The molecule has 1 aliphatic rings. The Labute approximate surface area is 98.0 Å². The lowest BCUT2D eigenvalue weighted by Gasteiger charge is -2.22. The quantitative estimate of drug-likeness (QED) is 0.840. The van der Waals surface area contributed by atoms with E-state index in [4.69, 9.17) is 4.74 Å². The van der Waals surface area contributed by atoms with Crippen LogP contribution in [0.25, 0.3) is 0 Å². The minimum absolute atomic E-state index is 0.680. The van der Waals surface area contributed by atoms with Gasteiger partial charge in [-0.05, 0) is 42.9 Å². The molecule has 0 spiro atoms. The van der Waals surface area contributed by atoms with Crippen molar-refractivity contribution in [1.82, 2.24) is 0 Å². The largest absolute Gasteiger partial charge is 0.385 e. The van der Waals surface area contributed by atoms with Crippen molar-refractivity contribution < 1.29 is 4.74 Å². The van der Waals surface area contributed by atoms with Crippen LogP contribution in [0.4, 0.5) is 5.69 Å². The summed E-state index contributed by atoms with van der Waals surface area (Å²) < 4.78 is 5.47. The van der Waals surface area contributed by atoms with Gasteiger partial charge >= 0.3 is 0 Å². The first-order chi connectivity index (χ1) is 7.88. The average molecular weight is 219 g/mol. The predicted molar refractivity (Wildman–Crippen MR) is 67.9 cm³/mol. The van der Waals surface area contributed by atoms with Crippen molar-refractivity contribution in [1.29, 1.82) is 0 Å². The van der Waals surface area contributed by atoms with E-state index in [0.29, 0.717) is 5.92 Å². The number of nitrogens with one attached hydrogen (secondary N) is 1. The van der Waals surface area contributed by atoms with Gasteiger partial charge in [0.25, 0.3) is 0 Å². The molecule has 2 rings (SSSR count). The molecule has 2 nitrogen and oxygen atoms in total. The minimum Gasteiger partial charge on any atom is -0.385 e. The van der Waals surface area contributed by atoms with E-state index in [0.717, 1.165) is 26.2 Å². The molecule has 1 aromatic rings. The Balaban J connectivity index is 1.79. The molecule has 0 aromatic heterocycles. The van der Waals surface area contributed by atoms with Crippen LogP contribution in [0.15, 0.2) is 24.3 Å². The number of aryl methyl sites for hydroxylation is 1. The van der Waals surface area contributed by atoms with E-state index in [1.165, 1.54) is 24.1 Å². The molecule has 2 heteroatoms. The molecule has 0 saturated carbocycles. The summed E-state index contributed by atoms with van der Waals surface area (Å²) in [6, 6.07) is 8.73. The smallest absolute Gasteiger partial charge is 0.0511 e. The summed E-state index contributed by atoms with van der Waals surface area (Å²) in [5.74, 6) is 0.680. The first kappa shape index (κ1) is 11.5. The van der Waals surface area contributed by atoms with E-state index < -0.39 is 0 Å². The van der Waals surface area contributed by atoms with Gasteiger partial charge in [0.05, 0.1) is 6.61 Å². The summed E-state index contributed by atoms with van der Waals surface area (Å²) >= 11 is 0. The lowest BCUT2D eigenvalue weighted by Crippen LogP contribution is -2.24. The summed E-state index contributed by atoms with van der Waals surface area (Å²) in [4.78, 5) is 0. The van der Waals surface area contributed by atoms with Crippen molar-refractivity contribution in [3.05, 3.63) is 29.8 Å². The second-order valence-corrected chi connectivity index (χ2v) is 4.51. The van der Waals surface area contributed by atoms with Gasteiger partial charge < -0.3 is 10.1 Å². The minimum atomic E-state index is 0.680. The van der Waals surface area contributed by atoms with Crippen LogP contribution in [0.2, 0.25) is 0 Å². The Kier molecular flexibility index (Phi) is 4.23. The van der Waals surface area contributed by atoms with Crippen LogP contribution >= 0.6 is 0 Å². The molecule has 16 heavy (non-hydrogen) atoms. The second-order valence-electron chi connectivity index (χ2n) is 4.51. The maximum atomic E-state index is 5.47. The first-order valence-corrected chi connectivity index (χ1v) is 6.29. The van der Waals surface area contributed by atoms with E-state index in [-0.39, 0.29) is 0 Å². The zero-order chi connectivity index (χ0) is 11.2. The summed E-state index contributed by atoms with van der Waals surface area (Å²) in [5.41, 5.74) is 2.62. The Bertz CT molecular complexity index is 301. The van der Waals surface area contributed by atoms with Gasteiger partial charge in [-0.15, -0.1) is 0 Å². The number of rotatable bonds is 4. The number of hydrogen-bond donors (Lipinski definition) is 1. The van der Waals surface area contributed by atoms with Gasteiger partial charge in [-0.25, -0.2) is 0 Å². The normalized spacial score (nSPS) is 20.7. The van der Waals surface area contributed by atoms with Gasteiger partial charge in [-0.1, -0.05) is 19.1 Å². The molecule has 1 unspecified atom stereocenters.